The van der Waals surface area contributed by atoms with Crippen molar-refractivity contribution in [3.63, 3.8) is 0 Å². The van der Waals surface area contributed by atoms with Crippen molar-refractivity contribution < 1.29 is 19.2 Å². The maximum Gasteiger partial charge on any atom is 0.326 e. The van der Waals surface area contributed by atoms with Crippen molar-refractivity contribution in [2.75, 3.05) is 6.54 Å². The van der Waals surface area contributed by atoms with E-state index in [0.717, 1.165) is 0 Å². The standard InChI is InChI=1S/C11H14N2O4/c1-6-7(2)17-12-9(6)10(14)13-5-3-4-8(13)11(15)16/h8H,3-5H2,1-2H3,(H,15,16)/t8-/m0/s1. The molecule has 0 spiro atoms. The van der Waals surface area contributed by atoms with E-state index in [-0.39, 0.29) is 11.6 Å². The Hall–Kier alpha value is -1.85. The highest BCUT2D eigenvalue weighted by atomic mass is 16.5. The van der Waals surface area contributed by atoms with Gasteiger partial charge in [0, 0.05) is 12.1 Å². The predicted molar refractivity (Wildman–Crippen MR) is 57.7 cm³/mol. The Morgan fingerprint density at radius 1 is 1.47 bits per heavy atom. The van der Waals surface area contributed by atoms with Gasteiger partial charge in [-0.05, 0) is 26.7 Å². The van der Waals surface area contributed by atoms with Gasteiger partial charge in [-0.1, -0.05) is 5.16 Å². The molecule has 0 bridgehead atoms. The summed E-state index contributed by atoms with van der Waals surface area (Å²) >= 11 is 0. The van der Waals surface area contributed by atoms with Crippen molar-refractivity contribution >= 4 is 11.9 Å². The quantitative estimate of drug-likeness (QED) is 0.830. The highest BCUT2D eigenvalue weighted by Gasteiger charge is 2.36. The van der Waals surface area contributed by atoms with Gasteiger partial charge in [0.25, 0.3) is 5.91 Å². The van der Waals surface area contributed by atoms with E-state index in [1.807, 2.05) is 0 Å². The molecule has 2 heterocycles. The molecule has 0 aliphatic carbocycles. The number of carbonyl (C=O) groups excluding carboxylic acids is 1. The van der Waals surface area contributed by atoms with Crippen LogP contribution in [0.2, 0.25) is 0 Å². The average Bonchev–Trinajstić information content (AvgIpc) is 2.87. The van der Waals surface area contributed by atoms with Crippen molar-refractivity contribution in [3.8, 4) is 0 Å². The van der Waals surface area contributed by atoms with E-state index in [0.29, 0.717) is 30.7 Å². The van der Waals surface area contributed by atoms with Gasteiger partial charge in [0.05, 0.1) is 0 Å². The second-order valence-corrected chi connectivity index (χ2v) is 4.21. The van der Waals surface area contributed by atoms with Gasteiger partial charge in [-0.25, -0.2) is 4.79 Å². The van der Waals surface area contributed by atoms with Crippen LogP contribution in [0.25, 0.3) is 0 Å². The molecule has 1 saturated heterocycles. The molecule has 0 aromatic carbocycles. The van der Waals surface area contributed by atoms with E-state index in [1.54, 1.807) is 13.8 Å². The van der Waals surface area contributed by atoms with Crippen LogP contribution in [0.3, 0.4) is 0 Å². The van der Waals surface area contributed by atoms with Crippen molar-refractivity contribution in [2.45, 2.75) is 32.7 Å². The zero-order valence-corrected chi connectivity index (χ0v) is 9.77. The Bertz CT molecular complexity index is 466. The first-order valence-corrected chi connectivity index (χ1v) is 5.49. The first-order chi connectivity index (χ1) is 8.02. The minimum atomic E-state index is -0.964. The molecule has 0 radical (unpaired) electrons. The number of carboxylic acid groups (broad SMARTS) is 1. The molecule has 1 aromatic rings. The predicted octanol–water partition coefficient (Wildman–Crippen LogP) is 0.981. The third-order valence-electron chi connectivity index (χ3n) is 3.16. The number of aromatic nitrogens is 1. The van der Waals surface area contributed by atoms with Gasteiger partial charge in [0.1, 0.15) is 11.8 Å². The molecule has 92 valence electrons. The van der Waals surface area contributed by atoms with Crippen LogP contribution in [0.4, 0.5) is 0 Å². The summed E-state index contributed by atoms with van der Waals surface area (Å²) in [6, 6.07) is -0.737. The van der Waals surface area contributed by atoms with E-state index in [4.69, 9.17) is 9.63 Å². The summed E-state index contributed by atoms with van der Waals surface area (Å²) in [5.41, 5.74) is 0.890. The van der Waals surface area contributed by atoms with Crippen LogP contribution in [0.15, 0.2) is 4.52 Å². The zero-order valence-electron chi connectivity index (χ0n) is 9.77. The molecule has 1 N–H and O–H groups in total. The third kappa shape index (κ3) is 1.90. The average molecular weight is 238 g/mol. The molecule has 17 heavy (non-hydrogen) atoms. The third-order valence-corrected chi connectivity index (χ3v) is 3.16. The molecule has 0 saturated carbocycles. The lowest BCUT2D eigenvalue weighted by Gasteiger charge is -2.20. The maximum atomic E-state index is 12.1. The molecule has 1 aliphatic heterocycles. The number of carbonyl (C=O) groups is 2. The number of aliphatic carboxylic acids is 1. The molecule has 1 atom stereocenters. The Labute approximate surface area is 98.2 Å². The van der Waals surface area contributed by atoms with Crippen LogP contribution in [0.5, 0.6) is 0 Å². The van der Waals surface area contributed by atoms with Crippen molar-refractivity contribution in [2.24, 2.45) is 0 Å². The molecule has 1 aliphatic rings. The second-order valence-electron chi connectivity index (χ2n) is 4.21. The van der Waals surface area contributed by atoms with Crippen molar-refractivity contribution in [1.82, 2.24) is 10.1 Å². The van der Waals surface area contributed by atoms with E-state index in [9.17, 15) is 9.59 Å². The molecule has 1 amide bonds. The van der Waals surface area contributed by atoms with Gasteiger partial charge in [-0.3, -0.25) is 4.79 Å². The summed E-state index contributed by atoms with van der Waals surface area (Å²) in [6.45, 7) is 3.92. The number of likely N-dealkylation sites (tertiary alicyclic amines) is 1. The number of hydrogen-bond acceptors (Lipinski definition) is 4. The molecular weight excluding hydrogens is 224 g/mol. The number of hydrogen-bond donors (Lipinski definition) is 1. The van der Waals surface area contributed by atoms with Gasteiger partial charge in [-0.2, -0.15) is 0 Å². The fourth-order valence-corrected chi connectivity index (χ4v) is 2.02. The van der Waals surface area contributed by atoms with Crippen molar-refractivity contribution in [1.29, 1.82) is 0 Å². The fraction of sp³-hybridized carbons (Fsp3) is 0.545. The first-order valence-electron chi connectivity index (χ1n) is 5.49. The zero-order chi connectivity index (χ0) is 12.6. The van der Waals surface area contributed by atoms with Gasteiger partial charge in [-0.15, -0.1) is 0 Å². The Balaban J connectivity index is 2.26. The number of amides is 1. The molecule has 6 nitrogen and oxygen atoms in total. The Morgan fingerprint density at radius 2 is 2.18 bits per heavy atom. The van der Waals surface area contributed by atoms with E-state index >= 15 is 0 Å². The maximum absolute atomic E-state index is 12.1. The van der Waals surface area contributed by atoms with Crippen LogP contribution >= 0.6 is 0 Å². The van der Waals surface area contributed by atoms with Gasteiger partial charge in [0.15, 0.2) is 5.69 Å². The van der Waals surface area contributed by atoms with E-state index < -0.39 is 12.0 Å². The number of rotatable bonds is 2. The smallest absolute Gasteiger partial charge is 0.326 e. The topological polar surface area (TPSA) is 83.6 Å². The van der Waals surface area contributed by atoms with Gasteiger partial charge >= 0.3 is 5.97 Å². The highest BCUT2D eigenvalue weighted by Crippen LogP contribution is 2.22. The highest BCUT2D eigenvalue weighted by molar-refractivity contribution is 5.96. The van der Waals surface area contributed by atoms with Crippen LogP contribution in [0, 0.1) is 13.8 Å². The number of carboxylic acids is 1. The van der Waals surface area contributed by atoms with E-state index in [1.165, 1.54) is 4.90 Å². The lowest BCUT2D eigenvalue weighted by molar-refractivity contribution is -0.141. The summed E-state index contributed by atoms with van der Waals surface area (Å²) in [5, 5.41) is 12.7. The molecule has 0 unspecified atom stereocenters. The minimum Gasteiger partial charge on any atom is -0.480 e. The largest absolute Gasteiger partial charge is 0.480 e. The Morgan fingerprint density at radius 3 is 2.71 bits per heavy atom. The summed E-state index contributed by atoms with van der Waals surface area (Å²) < 4.78 is 4.93. The van der Waals surface area contributed by atoms with Crippen LogP contribution in [-0.2, 0) is 4.79 Å². The first kappa shape index (κ1) is 11.6. The molecule has 2 rings (SSSR count). The van der Waals surface area contributed by atoms with E-state index in [2.05, 4.69) is 5.16 Å². The SMILES string of the molecule is Cc1onc(C(=O)N2CCC[C@H]2C(=O)O)c1C. The lowest BCUT2D eigenvalue weighted by Crippen LogP contribution is -2.40. The van der Waals surface area contributed by atoms with Gasteiger partial charge in [0.2, 0.25) is 0 Å². The second kappa shape index (κ2) is 4.20. The number of aryl methyl sites for hydroxylation is 1. The van der Waals surface area contributed by atoms with Gasteiger partial charge < -0.3 is 14.5 Å². The minimum absolute atomic E-state index is 0.218. The molecule has 1 fully saturated rings. The molecule has 6 heteroatoms. The van der Waals surface area contributed by atoms with Crippen LogP contribution in [-0.4, -0.2) is 39.6 Å². The van der Waals surface area contributed by atoms with Crippen LogP contribution in [0.1, 0.15) is 34.7 Å². The van der Waals surface area contributed by atoms with Crippen molar-refractivity contribution in [3.05, 3.63) is 17.0 Å². The lowest BCUT2D eigenvalue weighted by atomic mass is 10.2. The normalized spacial score (nSPS) is 19.6. The Kier molecular flexibility index (Phi) is 2.87. The summed E-state index contributed by atoms with van der Waals surface area (Å²) in [4.78, 5) is 24.5. The number of nitrogens with zero attached hydrogens (tertiary/aromatic N) is 2. The molecular formula is C11H14N2O4. The summed E-state index contributed by atoms with van der Waals surface area (Å²) in [6.07, 6.45) is 1.20. The summed E-state index contributed by atoms with van der Waals surface area (Å²) in [5.74, 6) is -0.739. The van der Waals surface area contributed by atoms with Crippen LogP contribution < -0.4 is 0 Å². The monoisotopic (exact) mass is 238 g/mol. The summed E-state index contributed by atoms with van der Waals surface area (Å²) in [7, 11) is 0. The molecule has 1 aromatic heterocycles. The fourth-order valence-electron chi connectivity index (χ4n) is 2.02.